The standard InChI is InChI=1S/C17H17Cl2NO4S/c1-11-4-3-5-12(2)17(11)20(9-8-16(21)22)25(23,24)15-10-13(18)6-7-14(15)19/h3-7,10H,8-9H2,1-2H3,(H,21,22). The molecular weight excluding hydrogens is 385 g/mol. The normalized spacial score (nSPS) is 11.4. The fourth-order valence-electron chi connectivity index (χ4n) is 2.54. The van der Waals surface area contributed by atoms with Crippen LogP contribution < -0.4 is 4.31 Å². The van der Waals surface area contributed by atoms with Crippen molar-refractivity contribution in [2.24, 2.45) is 0 Å². The number of nitrogens with zero attached hydrogens (tertiary/aromatic N) is 1. The summed E-state index contributed by atoms with van der Waals surface area (Å²) in [6.07, 6.45) is -0.342. The zero-order chi connectivity index (χ0) is 18.8. The van der Waals surface area contributed by atoms with Crippen molar-refractivity contribution >= 4 is 44.9 Å². The molecule has 1 N–H and O–H groups in total. The van der Waals surface area contributed by atoms with E-state index in [9.17, 15) is 13.2 Å². The van der Waals surface area contributed by atoms with Crippen molar-refractivity contribution in [1.29, 1.82) is 0 Å². The maximum Gasteiger partial charge on any atom is 0.305 e. The molecule has 0 amide bonds. The summed E-state index contributed by atoms with van der Waals surface area (Å²) in [6.45, 7) is 3.32. The molecule has 0 aliphatic carbocycles. The number of rotatable bonds is 6. The average molecular weight is 402 g/mol. The first-order valence-corrected chi connectivity index (χ1v) is 9.60. The van der Waals surface area contributed by atoms with Gasteiger partial charge in [-0.2, -0.15) is 0 Å². The minimum Gasteiger partial charge on any atom is -0.481 e. The Hall–Kier alpha value is -1.76. The molecule has 0 radical (unpaired) electrons. The van der Waals surface area contributed by atoms with Gasteiger partial charge in [-0.3, -0.25) is 9.10 Å². The number of anilines is 1. The summed E-state index contributed by atoms with van der Waals surface area (Å²) in [6, 6.07) is 9.50. The summed E-state index contributed by atoms with van der Waals surface area (Å²) in [7, 11) is -4.09. The summed E-state index contributed by atoms with van der Waals surface area (Å²) in [4.78, 5) is 10.9. The van der Waals surface area contributed by atoms with Crippen LogP contribution in [0.1, 0.15) is 17.5 Å². The Morgan fingerprint density at radius 2 is 1.72 bits per heavy atom. The Balaban J connectivity index is 2.66. The Morgan fingerprint density at radius 1 is 1.12 bits per heavy atom. The molecule has 134 valence electrons. The highest BCUT2D eigenvalue weighted by molar-refractivity contribution is 7.93. The van der Waals surface area contributed by atoms with E-state index >= 15 is 0 Å². The zero-order valence-electron chi connectivity index (χ0n) is 13.7. The lowest BCUT2D eigenvalue weighted by Gasteiger charge is -2.27. The van der Waals surface area contributed by atoms with Crippen LogP contribution in [0.4, 0.5) is 5.69 Å². The number of carbonyl (C=O) groups is 1. The van der Waals surface area contributed by atoms with E-state index in [0.717, 1.165) is 4.31 Å². The van der Waals surface area contributed by atoms with E-state index in [1.165, 1.54) is 18.2 Å². The van der Waals surface area contributed by atoms with Crippen molar-refractivity contribution in [1.82, 2.24) is 0 Å². The maximum absolute atomic E-state index is 13.2. The van der Waals surface area contributed by atoms with Gasteiger partial charge in [0.2, 0.25) is 0 Å². The van der Waals surface area contributed by atoms with Gasteiger partial charge >= 0.3 is 5.97 Å². The Labute approximate surface area is 156 Å². The fraction of sp³-hybridized carbons (Fsp3) is 0.235. The number of carboxylic acid groups (broad SMARTS) is 1. The molecule has 25 heavy (non-hydrogen) atoms. The monoisotopic (exact) mass is 401 g/mol. The van der Waals surface area contributed by atoms with Gasteiger partial charge in [0.05, 0.1) is 17.1 Å². The highest BCUT2D eigenvalue weighted by atomic mass is 35.5. The summed E-state index contributed by atoms with van der Waals surface area (Å²) in [5.41, 5.74) is 1.87. The lowest BCUT2D eigenvalue weighted by molar-refractivity contribution is -0.136. The largest absolute Gasteiger partial charge is 0.481 e. The summed E-state index contributed by atoms with van der Waals surface area (Å²) >= 11 is 12.0. The number of hydrogen-bond acceptors (Lipinski definition) is 3. The van der Waals surface area contributed by atoms with Crippen molar-refractivity contribution in [2.75, 3.05) is 10.8 Å². The van der Waals surface area contributed by atoms with E-state index in [4.69, 9.17) is 28.3 Å². The molecule has 0 bridgehead atoms. The third-order valence-electron chi connectivity index (χ3n) is 3.68. The number of sulfonamides is 1. The van der Waals surface area contributed by atoms with Crippen molar-refractivity contribution in [3.8, 4) is 0 Å². The Bertz CT molecular complexity index is 893. The van der Waals surface area contributed by atoms with E-state index in [0.29, 0.717) is 16.8 Å². The molecule has 0 heterocycles. The van der Waals surface area contributed by atoms with Crippen molar-refractivity contribution in [2.45, 2.75) is 25.2 Å². The van der Waals surface area contributed by atoms with Crippen LogP contribution in [0.2, 0.25) is 10.0 Å². The molecule has 0 unspecified atom stereocenters. The van der Waals surface area contributed by atoms with E-state index in [1.54, 1.807) is 26.0 Å². The molecule has 0 aliphatic rings. The van der Waals surface area contributed by atoms with Crippen LogP contribution in [-0.2, 0) is 14.8 Å². The minimum absolute atomic E-state index is 0.0240. The second kappa shape index (κ2) is 7.64. The van der Waals surface area contributed by atoms with E-state index in [1.807, 2.05) is 6.07 Å². The van der Waals surface area contributed by atoms with Crippen LogP contribution >= 0.6 is 23.2 Å². The van der Waals surface area contributed by atoms with Gasteiger partial charge in [-0.05, 0) is 43.2 Å². The number of aryl methyl sites for hydroxylation is 2. The molecule has 0 fully saturated rings. The molecule has 8 heteroatoms. The molecule has 2 aromatic carbocycles. The van der Waals surface area contributed by atoms with Gasteiger partial charge < -0.3 is 5.11 Å². The van der Waals surface area contributed by atoms with Gasteiger partial charge in [-0.1, -0.05) is 41.4 Å². The molecule has 0 saturated carbocycles. The first-order chi connectivity index (χ1) is 11.6. The molecule has 0 spiro atoms. The van der Waals surface area contributed by atoms with Crippen molar-refractivity contribution in [3.63, 3.8) is 0 Å². The second-order valence-corrected chi connectivity index (χ2v) is 8.21. The van der Waals surface area contributed by atoms with Gasteiger partial charge in [-0.15, -0.1) is 0 Å². The first kappa shape index (κ1) is 19.6. The van der Waals surface area contributed by atoms with Gasteiger partial charge in [0.25, 0.3) is 10.0 Å². The quantitative estimate of drug-likeness (QED) is 0.783. The van der Waals surface area contributed by atoms with Crippen molar-refractivity contribution in [3.05, 3.63) is 57.6 Å². The van der Waals surface area contributed by atoms with Gasteiger partial charge in [-0.25, -0.2) is 8.42 Å². The van der Waals surface area contributed by atoms with Crippen LogP contribution in [0, 0.1) is 13.8 Å². The minimum atomic E-state index is -4.09. The summed E-state index contributed by atoms with van der Waals surface area (Å²) < 4.78 is 27.5. The number of carboxylic acids is 1. The predicted molar refractivity (Wildman–Crippen MR) is 99.2 cm³/mol. The van der Waals surface area contributed by atoms with Gasteiger partial charge in [0.15, 0.2) is 0 Å². The van der Waals surface area contributed by atoms with Crippen LogP contribution in [-0.4, -0.2) is 26.0 Å². The Morgan fingerprint density at radius 3 is 2.28 bits per heavy atom. The number of hydrogen-bond donors (Lipinski definition) is 1. The smallest absolute Gasteiger partial charge is 0.305 e. The number of para-hydroxylation sites is 1. The summed E-state index contributed by atoms with van der Waals surface area (Å²) in [5, 5.41) is 9.26. The fourth-order valence-corrected chi connectivity index (χ4v) is 4.88. The van der Waals surface area contributed by atoms with E-state index in [-0.39, 0.29) is 27.9 Å². The second-order valence-electron chi connectivity index (χ2n) is 5.54. The molecule has 5 nitrogen and oxygen atoms in total. The van der Waals surface area contributed by atoms with Crippen LogP contribution in [0.5, 0.6) is 0 Å². The average Bonchev–Trinajstić information content (AvgIpc) is 2.51. The van der Waals surface area contributed by atoms with Crippen LogP contribution in [0.15, 0.2) is 41.3 Å². The third-order valence-corrected chi connectivity index (χ3v) is 6.19. The highest BCUT2D eigenvalue weighted by Gasteiger charge is 2.29. The topological polar surface area (TPSA) is 74.7 Å². The van der Waals surface area contributed by atoms with Gasteiger partial charge in [0.1, 0.15) is 4.90 Å². The van der Waals surface area contributed by atoms with E-state index < -0.39 is 16.0 Å². The predicted octanol–water partition coefficient (Wildman–Crippen LogP) is 4.28. The van der Waals surface area contributed by atoms with Crippen molar-refractivity contribution < 1.29 is 18.3 Å². The van der Waals surface area contributed by atoms with E-state index in [2.05, 4.69) is 0 Å². The molecule has 0 saturated heterocycles. The Kier molecular flexibility index (Phi) is 5.98. The maximum atomic E-state index is 13.2. The molecule has 0 atom stereocenters. The number of benzene rings is 2. The SMILES string of the molecule is Cc1cccc(C)c1N(CCC(=O)O)S(=O)(=O)c1cc(Cl)ccc1Cl. The third kappa shape index (κ3) is 4.26. The zero-order valence-corrected chi connectivity index (χ0v) is 16.0. The first-order valence-electron chi connectivity index (χ1n) is 7.40. The summed E-state index contributed by atoms with van der Waals surface area (Å²) in [5.74, 6) is -1.09. The molecule has 2 rings (SSSR count). The number of halogens is 2. The molecular formula is C17H17Cl2NO4S. The molecule has 0 aromatic heterocycles. The molecule has 0 aliphatic heterocycles. The van der Waals surface area contributed by atoms with Crippen LogP contribution in [0.3, 0.4) is 0 Å². The lowest BCUT2D eigenvalue weighted by atomic mass is 10.1. The highest BCUT2D eigenvalue weighted by Crippen LogP contribution is 2.34. The van der Waals surface area contributed by atoms with Gasteiger partial charge in [0, 0.05) is 11.6 Å². The number of aliphatic carboxylic acids is 1. The molecule has 2 aromatic rings. The lowest BCUT2D eigenvalue weighted by Crippen LogP contribution is -2.34. The van der Waals surface area contributed by atoms with Crippen LogP contribution in [0.25, 0.3) is 0 Å².